The monoisotopic (exact) mass is 436 g/mol. The summed E-state index contributed by atoms with van der Waals surface area (Å²) in [4.78, 5) is 15.1. The quantitative estimate of drug-likeness (QED) is 0.459. The standard InChI is InChI=1S/C17H26O3.C10H10N2/c1-16(2,3)12-9-11(7-8-14(18)19)10-13(15(12)20)17(4,5)6;1-7-6-9(11)8-4-2-3-5-10(8)12-7/h9-10,20H,7-8H2,1-6H3,(H,18,19);2-6H,1H3,(H2,11,12). The van der Waals surface area contributed by atoms with Crippen LogP contribution in [0.3, 0.4) is 0 Å². The summed E-state index contributed by atoms with van der Waals surface area (Å²) < 4.78 is 0. The van der Waals surface area contributed by atoms with Crippen molar-refractivity contribution in [2.45, 2.75) is 72.1 Å². The summed E-state index contributed by atoms with van der Waals surface area (Å²) >= 11 is 0. The van der Waals surface area contributed by atoms with Crippen LogP contribution in [0.25, 0.3) is 10.9 Å². The zero-order valence-corrected chi connectivity index (χ0v) is 20.3. The second-order valence-electron chi connectivity index (χ2n) is 10.3. The lowest BCUT2D eigenvalue weighted by Gasteiger charge is -2.28. The van der Waals surface area contributed by atoms with Gasteiger partial charge in [-0.3, -0.25) is 9.78 Å². The van der Waals surface area contributed by atoms with Crippen molar-refractivity contribution in [3.63, 3.8) is 0 Å². The summed E-state index contributed by atoms with van der Waals surface area (Å²) in [7, 11) is 0. The molecule has 3 aromatic rings. The lowest BCUT2D eigenvalue weighted by atomic mass is 9.78. The molecule has 0 bridgehead atoms. The number of carbonyl (C=O) groups is 1. The van der Waals surface area contributed by atoms with Crippen LogP contribution in [0, 0.1) is 6.92 Å². The molecule has 5 nitrogen and oxygen atoms in total. The Hall–Kier alpha value is -3.08. The van der Waals surface area contributed by atoms with Crippen LogP contribution in [-0.4, -0.2) is 21.2 Å². The van der Waals surface area contributed by atoms with Crippen LogP contribution in [0.15, 0.2) is 42.5 Å². The maximum Gasteiger partial charge on any atom is 0.303 e. The molecular formula is C27H36N2O3. The van der Waals surface area contributed by atoms with E-state index in [4.69, 9.17) is 10.8 Å². The number of pyridine rings is 1. The van der Waals surface area contributed by atoms with Crippen molar-refractivity contribution >= 4 is 22.6 Å². The number of phenolic OH excluding ortho intramolecular Hbond substituents is 1. The molecular weight excluding hydrogens is 400 g/mol. The van der Waals surface area contributed by atoms with Gasteiger partial charge in [0.25, 0.3) is 0 Å². The number of hydrogen-bond acceptors (Lipinski definition) is 4. The van der Waals surface area contributed by atoms with Gasteiger partial charge >= 0.3 is 5.97 Å². The van der Waals surface area contributed by atoms with E-state index in [1.54, 1.807) is 0 Å². The number of benzene rings is 2. The Morgan fingerprint density at radius 2 is 1.50 bits per heavy atom. The largest absolute Gasteiger partial charge is 0.507 e. The minimum atomic E-state index is -0.798. The number of nitrogens with two attached hydrogens (primary N) is 1. The highest BCUT2D eigenvalue weighted by Crippen LogP contribution is 2.39. The third-order valence-electron chi connectivity index (χ3n) is 5.29. The van der Waals surface area contributed by atoms with Gasteiger partial charge in [0, 0.05) is 23.2 Å². The molecule has 0 saturated heterocycles. The fourth-order valence-corrected chi connectivity index (χ4v) is 3.57. The second kappa shape index (κ2) is 9.60. The first-order valence-electron chi connectivity index (χ1n) is 10.9. The SMILES string of the molecule is CC(C)(C)c1cc(CCC(=O)O)cc(C(C)(C)C)c1O.Cc1cc(N)c2ccccc2n1. The van der Waals surface area contributed by atoms with Crippen LogP contribution < -0.4 is 5.73 Å². The number of aromatic nitrogens is 1. The van der Waals surface area contributed by atoms with E-state index in [0.717, 1.165) is 39.0 Å². The number of para-hydroxylation sites is 1. The molecule has 0 radical (unpaired) electrons. The molecule has 3 rings (SSSR count). The van der Waals surface area contributed by atoms with E-state index in [9.17, 15) is 9.90 Å². The van der Waals surface area contributed by atoms with Gasteiger partial charge in [0.1, 0.15) is 5.75 Å². The first-order chi connectivity index (χ1) is 14.7. The highest BCUT2D eigenvalue weighted by Gasteiger charge is 2.26. The van der Waals surface area contributed by atoms with E-state index in [2.05, 4.69) is 46.5 Å². The average molecular weight is 437 g/mol. The summed E-state index contributed by atoms with van der Waals surface area (Å²) in [5.41, 5.74) is 10.9. The summed E-state index contributed by atoms with van der Waals surface area (Å²) in [5, 5.41) is 20.4. The Morgan fingerprint density at radius 3 is 2.00 bits per heavy atom. The maximum atomic E-state index is 10.8. The summed E-state index contributed by atoms with van der Waals surface area (Å²) in [6.45, 7) is 14.3. The van der Waals surface area contributed by atoms with Crippen molar-refractivity contribution < 1.29 is 15.0 Å². The Labute approximate surface area is 191 Å². The molecule has 0 aliphatic rings. The molecule has 1 aromatic heterocycles. The van der Waals surface area contributed by atoms with Gasteiger partial charge in [0.2, 0.25) is 0 Å². The van der Waals surface area contributed by atoms with Gasteiger partial charge in [-0.1, -0.05) is 71.9 Å². The molecule has 0 saturated carbocycles. The first kappa shape index (κ1) is 25.2. The van der Waals surface area contributed by atoms with Crippen LogP contribution in [0.2, 0.25) is 0 Å². The third kappa shape index (κ3) is 6.46. The topological polar surface area (TPSA) is 96.4 Å². The molecule has 0 spiro atoms. The zero-order chi connectivity index (χ0) is 24.3. The van der Waals surface area contributed by atoms with E-state index in [1.165, 1.54) is 0 Å². The minimum absolute atomic E-state index is 0.109. The molecule has 172 valence electrons. The first-order valence-corrected chi connectivity index (χ1v) is 10.9. The maximum absolute atomic E-state index is 10.8. The zero-order valence-electron chi connectivity index (χ0n) is 20.3. The average Bonchev–Trinajstić information content (AvgIpc) is 2.65. The highest BCUT2D eigenvalue weighted by atomic mass is 16.4. The molecule has 0 amide bonds. The number of carboxylic acid groups (broad SMARTS) is 1. The number of aliphatic carboxylic acids is 1. The molecule has 0 aliphatic carbocycles. The fourth-order valence-electron chi connectivity index (χ4n) is 3.57. The number of aryl methyl sites for hydroxylation is 2. The lowest BCUT2D eigenvalue weighted by molar-refractivity contribution is -0.136. The molecule has 1 heterocycles. The third-order valence-corrected chi connectivity index (χ3v) is 5.29. The summed E-state index contributed by atoms with van der Waals surface area (Å²) in [5.74, 6) is -0.461. The smallest absolute Gasteiger partial charge is 0.303 e. The minimum Gasteiger partial charge on any atom is -0.507 e. The summed E-state index contributed by atoms with van der Waals surface area (Å²) in [6.07, 6.45) is 0.597. The Kier molecular flexibility index (Phi) is 7.55. The molecule has 2 aromatic carbocycles. The molecule has 0 atom stereocenters. The number of phenols is 1. The van der Waals surface area contributed by atoms with E-state index in [0.29, 0.717) is 12.2 Å². The molecule has 4 N–H and O–H groups in total. The van der Waals surface area contributed by atoms with Crippen molar-refractivity contribution in [3.05, 3.63) is 64.8 Å². The normalized spacial score (nSPS) is 11.7. The Balaban J connectivity index is 0.000000255. The van der Waals surface area contributed by atoms with Crippen LogP contribution in [0.1, 0.15) is 70.3 Å². The van der Waals surface area contributed by atoms with E-state index >= 15 is 0 Å². The predicted octanol–water partition coefficient (Wildman–Crippen LogP) is 6.13. The van der Waals surface area contributed by atoms with Gasteiger partial charge < -0.3 is 15.9 Å². The van der Waals surface area contributed by atoms with Gasteiger partial charge in [-0.15, -0.1) is 0 Å². The van der Waals surface area contributed by atoms with E-state index in [1.807, 2.05) is 49.4 Å². The lowest BCUT2D eigenvalue weighted by Crippen LogP contribution is -2.18. The number of anilines is 1. The number of rotatable bonds is 3. The van der Waals surface area contributed by atoms with Crippen molar-refractivity contribution in [3.8, 4) is 5.75 Å². The van der Waals surface area contributed by atoms with Gasteiger partial charge in [0.15, 0.2) is 0 Å². The Morgan fingerprint density at radius 1 is 0.969 bits per heavy atom. The van der Waals surface area contributed by atoms with Crippen LogP contribution in [0.5, 0.6) is 5.75 Å². The van der Waals surface area contributed by atoms with Crippen molar-refractivity contribution in [2.75, 3.05) is 5.73 Å². The van der Waals surface area contributed by atoms with Crippen LogP contribution >= 0.6 is 0 Å². The molecule has 32 heavy (non-hydrogen) atoms. The van der Waals surface area contributed by atoms with Crippen molar-refractivity contribution in [2.24, 2.45) is 0 Å². The van der Waals surface area contributed by atoms with Crippen molar-refractivity contribution in [1.29, 1.82) is 0 Å². The van der Waals surface area contributed by atoms with Gasteiger partial charge in [-0.25, -0.2) is 0 Å². The van der Waals surface area contributed by atoms with E-state index < -0.39 is 5.97 Å². The molecule has 5 heteroatoms. The van der Waals surface area contributed by atoms with Gasteiger partial charge in [-0.05, 0) is 53.0 Å². The van der Waals surface area contributed by atoms with E-state index in [-0.39, 0.29) is 17.3 Å². The number of fused-ring (bicyclic) bond motifs is 1. The fraction of sp³-hybridized carbons (Fsp3) is 0.407. The number of nitrogen functional groups attached to an aromatic ring is 1. The number of carboxylic acids is 1. The van der Waals surface area contributed by atoms with Gasteiger partial charge in [-0.2, -0.15) is 0 Å². The molecule has 0 fully saturated rings. The summed E-state index contributed by atoms with van der Waals surface area (Å²) in [6, 6.07) is 13.7. The van der Waals surface area contributed by atoms with Gasteiger partial charge in [0.05, 0.1) is 5.52 Å². The van der Waals surface area contributed by atoms with Crippen molar-refractivity contribution in [1.82, 2.24) is 4.98 Å². The number of nitrogens with zero attached hydrogens (tertiary/aromatic N) is 1. The number of aromatic hydroxyl groups is 1. The number of hydrogen-bond donors (Lipinski definition) is 3. The molecule has 0 unspecified atom stereocenters. The highest BCUT2D eigenvalue weighted by molar-refractivity contribution is 5.90. The molecule has 0 aliphatic heterocycles. The predicted molar refractivity (Wildman–Crippen MR) is 132 cm³/mol. The second-order valence-corrected chi connectivity index (χ2v) is 10.3. The van der Waals surface area contributed by atoms with Crippen LogP contribution in [-0.2, 0) is 22.0 Å². The Bertz CT molecular complexity index is 1070. The van der Waals surface area contributed by atoms with Crippen LogP contribution in [0.4, 0.5) is 5.69 Å².